The molecule has 1 atom stereocenters. The Hall–Kier alpha value is -3.61. The fraction of sp³-hybridized carbons (Fsp3) is 0.385. The van der Waals surface area contributed by atoms with Gasteiger partial charge in [-0.1, -0.05) is 17.7 Å². The van der Waals surface area contributed by atoms with Gasteiger partial charge in [0.15, 0.2) is 0 Å². The second-order valence-corrected chi connectivity index (χ2v) is 11.2. The molecule has 4 amide bonds. The Kier molecular flexibility index (Phi) is 7.03. The zero-order valence-electron chi connectivity index (χ0n) is 20.9. The van der Waals surface area contributed by atoms with Crippen molar-refractivity contribution in [2.45, 2.75) is 30.7 Å². The zero-order chi connectivity index (χ0) is 27.0. The molecule has 0 radical (unpaired) electrons. The number of nitrogens with zero attached hydrogens (tertiary/aromatic N) is 3. The van der Waals surface area contributed by atoms with Gasteiger partial charge in [0.2, 0.25) is 11.8 Å². The van der Waals surface area contributed by atoms with Gasteiger partial charge >= 0.3 is 0 Å². The average molecular weight is 541 g/mol. The molecule has 0 spiro atoms. The molecule has 38 heavy (non-hydrogen) atoms. The molecule has 0 aromatic heterocycles. The highest BCUT2D eigenvalue weighted by molar-refractivity contribution is 7.86. The lowest BCUT2D eigenvalue weighted by Gasteiger charge is -2.36. The normalized spacial score (nSPS) is 20.6. The quantitative estimate of drug-likeness (QED) is 0.402. The number of fused-ring (bicyclic) bond motifs is 1. The van der Waals surface area contributed by atoms with Gasteiger partial charge in [-0.15, -0.1) is 0 Å². The Labute approximate surface area is 220 Å². The highest BCUT2D eigenvalue weighted by Gasteiger charge is 2.44. The van der Waals surface area contributed by atoms with Crippen molar-refractivity contribution in [3.8, 4) is 0 Å². The summed E-state index contributed by atoms with van der Waals surface area (Å²) in [6.07, 6.45) is 0.184. The first kappa shape index (κ1) is 26.0. The van der Waals surface area contributed by atoms with E-state index in [1.165, 1.54) is 12.1 Å². The standard InChI is InChI=1S/C26H28N4O7S/c1-17-2-5-19(6-3-17)38(35,36)37-15-14-28-10-12-29(13-11-28)18-4-7-20-21(16-18)26(34)30(25(20)33)22-8-9-23(31)27-24(22)32/h2-7,16,22H,8-15H2,1H3,(H,27,31,32). The van der Waals surface area contributed by atoms with Crippen molar-refractivity contribution in [3.63, 3.8) is 0 Å². The van der Waals surface area contributed by atoms with E-state index in [0.29, 0.717) is 32.7 Å². The van der Waals surface area contributed by atoms with Crippen molar-refractivity contribution >= 4 is 39.4 Å². The number of aryl methyl sites for hydroxylation is 1. The second kappa shape index (κ2) is 10.3. The van der Waals surface area contributed by atoms with Gasteiger partial charge in [0.1, 0.15) is 6.04 Å². The van der Waals surface area contributed by atoms with E-state index in [9.17, 15) is 27.6 Å². The summed E-state index contributed by atoms with van der Waals surface area (Å²) >= 11 is 0. The maximum atomic E-state index is 13.1. The summed E-state index contributed by atoms with van der Waals surface area (Å²) < 4.78 is 30.0. The number of carbonyl (C=O) groups excluding carboxylic acids is 4. The second-order valence-electron chi connectivity index (χ2n) is 9.59. The summed E-state index contributed by atoms with van der Waals surface area (Å²) in [5.74, 6) is -2.12. The molecule has 2 aromatic carbocycles. The number of hydrogen-bond donors (Lipinski definition) is 1. The highest BCUT2D eigenvalue weighted by atomic mass is 32.2. The Morgan fingerprint density at radius 1 is 0.921 bits per heavy atom. The Bertz CT molecular complexity index is 1400. The third-order valence-electron chi connectivity index (χ3n) is 7.12. The van der Waals surface area contributed by atoms with Crippen LogP contribution in [0, 0.1) is 6.92 Å². The fourth-order valence-electron chi connectivity index (χ4n) is 4.93. The summed E-state index contributed by atoms with van der Waals surface area (Å²) in [6.45, 7) is 5.00. The van der Waals surface area contributed by atoms with E-state index in [4.69, 9.17) is 4.18 Å². The lowest BCUT2D eigenvalue weighted by molar-refractivity contribution is -0.136. The van der Waals surface area contributed by atoms with E-state index in [0.717, 1.165) is 16.2 Å². The zero-order valence-corrected chi connectivity index (χ0v) is 21.7. The van der Waals surface area contributed by atoms with Gasteiger partial charge in [0, 0.05) is 44.8 Å². The van der Waals surface area contributed by atoms with Crippen LogP contribution >= 0.6 is 0 Å². The van der Waals surface area contributed by atoms with E-state index in [2.05, 4.69) is 15.1 Å². The van der Waals surface area contributed by atoms with Crippen molar-refractivity contribution in [2.75, 3.05) is 44.2 Å². The molecule has 3 aliphatic heterocycles. The van der Waals surface area contributed by atoms with E-state index in [-0.39, 0.29) is 35.5 Å². The number of benzene rings is 2. The molecule has 12 heteroatoms. The first-order valence-electron chi connectivity index (χ1n) is 12.4. The lowest BCUT2D eigenvalue weighted by Crippen LogP contribution is -2.54. The van der Waals surface area contributed by atoms with Crippen molar-refractivity contribution in [1.29, 1.82) is 0 Å². The van der Waals surface area contributed by atoms with Crippen LogP contribution in [0.15, 0.2) is 47.4 Å². The summed E-state index contributed by atoms with van der Waals surface area (Å²) in [6, 6.07) is 10.6. The number of imide groups is 2. The van der Waals surface area contributed by atoms with Crippen molar-refractivity contribution in [2.24, 2.45) is 0 Å². The van der Waals surface area contributed by atoms with Crippen LogP contribution < -0.4 is 10.2 Å². The maximum absolute atomic E-state index is 13.1. The number of piperazine rings is 1. The maximum Gasteiger partial charge on any atom is 0.297 e. The van der Waals surface area contributed by atoms with Crippen LogP contribution in [0.4, 0.5) is 5.69 Å². The summed E-state index contributed by atoms with van der Waals surface area (Å²) in [5, 5.41) is 2.20. The Morgan fingerprint density at radius 2 is 1.61 bits per heavy atom. The number of nitrogens with one attached hydrogen (secondary N) is 1. The molecule has 1 unspecified atom stereocenters. The van der Waals surface area contributed by atoms with Gasteiger partial charge in [-0.2, -0.15) is 8.42 Å². The average Bonchev–Trinajstić information content (AvgIpc) is 3.14. The largest absolute Gasteiger partial charge is 0.369 e. The molecular formula is C26H28N4O7S. The molecule has 1 N–H and O–H groups in total. The van der Waals surface area contributed by atoms with E-state index in [1.807, 2.05) is 6.92 Å². The molecular weight excluding hydrogens is 512 g/mol. The summed E-state index contributed by atoms with van der Waals surface area (Å²) in [4.78, 5) is 55.0. The van der Waals surface area contributed by atoms with Gasteiger partial charge in [-0.05, 0) is 43.7 Å². The van der Waals surface area contributed by atoms with Crippen LogP contribution in [0.1, 0.15) is 39.1 Å². The van der Waals surface area contributed by atoms with Crippen LogP contribution in [0.5, 0.6) is 0 Å². The number of anilines is 1. The van der Waals surface area contributed by atoms with Crippen LogP contribution in [0.3, 0.4) is 0 Å². The van der Waals surface area contributed by atoms with Gasteiger partial charge in [-0.3, -0.25) is 38.5 Å². The molecule has 0 saturated carbocycles. The summed E-state index contributed by atoms with van der Waals surface area (Å²) in [7, 11) is -3.81. The van der Waals surface area contributed by atoms with Gasteiger partial charge in [-0.25, -0.2) is 0 Å². The molecule has 2 fully saturated rings. The topological polar surface area (TPSA) is 133 Å². The van der Waals surface area contributed by atoms with E-state index < -0.39 is 39.8 Å². The molecule has 2 saturated heterocycles. The molecule has 11 nitrogen and oxygen atoms in total. The first-order valence-corrected chi connectivity index (χ1v) is 13.8. The summed E-state index contributed by atoms with van der Waals surface area (Å²) in [5.41, 5.74) is 2.24. The first-order chi connectivity index (χ1) is 18.1. The van der Waals surface area contributed by atoms with Crippen molar-refractivity contribution < 1.29 is 31.8 Å². The molecule has 200 valence electrons. The predicted molar refractivity (Wildman–Crippen MR) is 136 cm³/mol. The minimum absolute atomic E-state index is 0.0435. The van der Waals surface area contributed by atoms with Crippen molar-refractivity contribution in [3.05, 3.63) is 59.2 Å². The lowest BCUT2D eigenvalue weighted by atomic mass is 10.0. The number of piperidine rings is 1. The SMILES string of the molecule is Cc1ccc(S(=O)(=O)OCCN2CCN(c3ccc4c(c3)C(=O)N(C3CCC(=O)NC3=O)C4=O)CC2)cc1. The monoisotopic (exact) mass is 540 g/mol. The van der Waals surface area contributed by atoms with Crippen LogP contribution in [-0.2, 0) is 23.9 Å². The third kappa shape index (κ3) is 5.06. The van der Waals surface area contributed by atoms with Crippen LogP contribution in [0.25, 0.3) is 0 Å². The molecule has 5 rings (SSSR count). The number of amides is 4. The minimum atomic E-state index is -3.81. The molecule has 0 aliphatic carbocycles. The number of rotatable bonds is 7. The molecule has 0 bridgehead atoms. The number of hydrogen-bond acceptors (Lipinski definition) is 9. The molecule has 3 heterocycles. The molecule has 2 aromatic rings. The van der Waals surface area contributed by atoms with E-state index in [1.54, 1.807) is 30.3 Å². The highest BCUT2D eigenvalue weighted by Crippen LogP contribution is 2.31. The van der Waals surface area contributed by atoms with Crippen LogP contribution in [-0.4, -0.2) is 87.2 Å². The Balaban J connectivity index is 1.16. The van der Waals surface area contributed by atoms with Crippen molar-refractivity contribution in [1.82, 2.24) is 15.1 Å². The van der Waals surface area contributed by atoms with Gasteiger partial charge < -0.3 is 4.90 Å². The minimum Gasteiger partial charge on any atom is -0.369 e. The Morgan fingerprint density at radius 3 is 2.29 bits per heavy atom. The predicted octanol–water partition coefficient (Wildman–Crippen LogP) is 0.924. The van der Waals surface area contributed by atoms with Gasteiger partial charge in [0.05, 0.1) is 22.6 Å². The number of carbonyl (C=O) groups is 4. The molecule has 3 aliphatic rings. The fourth-order valence-corrected chi connectivity index (χ4v) is 5.83. The van der Waals surface area contributed by atoms with Gasteiger partial charge in [0.25, 0.3) is 21.9 Å². The smallest absolute Gasteiger partial charge is 0.297 e. The van der Waals surface area contributed by atoms with E-state index >= 15 is 0 Å². The third-order valence-corrected chi connectivity index (χ3v) is 8.44. The van der Waals surface area contributed by atoms with Crippen LogP contribution in [0.2, 0.25) is 0 Å².